The van der Waals surface area contributed by atoms with E-state index in [9.17, 15) is 4.39 Å². The molecule has 0 spiro atoms. The van der Waals surface area contributed by atoms with Crippen molar-refractivity contribution in [1.29, 1.82) is 0 Å². The lowest BCUT2D eigenvalue weighted by Crippen LogP contribution is -2.29. The minimum Gasteiger partial charge on any atom is -0.307 e. The summed E-state index contributed by atoms with van der Waals surface area (Å²) in [6, 6.07) is 12.0. The summed E-state index contributed by atoms with van der Waals surface area (Å²) < 4.78 is 12.9. The molecule has 0 bridgehead atoms. The third kappa shape index (κ3) is 3.65. The van der Waals surface area contributed by atoms with E-state index in [0.29, 0.717) is 12.0 Å². The number of halogens is 2. The quantitative estimate of drug-likeness (QED) is 0.814. The number of hydrogen-bond acceptors (Lipinski definition) is 2. The second-order valence-corrected chi connectivity index (χ2v) is 6.50. The molecular formula is C18H20ClFN2. The molecule has 4 heteroatoms. The molecule has 1 fully saturated rings. The molecule has 1 heterocycles. The smallest absolute Gasteiger partial charge is 0.212 e. The summed E-state index contributed by atoms with van der Waals surface area (Å²) in [7, 11) is 0. The fourth-order valence-corrected chi connectivity index (χ4v) is 3.49. The van der Waals surface area contributed by atoms with Crippen molar-refractivity contribution >= 4 is 11.6 Å². The Hall–Kier alpha value is -1.45. The van der Waals surface area contributed by atoms with Crippen molar-refractivity contribution in [2.75, 3.05) is 0 Å². The van der Waals surface area contributed by atoms with Crippen molar-refractivity contribution in [3.05, 3.63) is 64.7 Å². The van der Waals surface area contributed by atoms with Crippen LogP contribution in [-0.4, -0.2) is 11.0 Å². The van der Waals surface area contributed by atoms with Crippen LogP contribution in [0, 0.1) is 5.95 Å². The maximum Gasteiger partial charge on any atom is 0.212 e. The summed E-state index contributed by atoms with van der Waals surface area (Å²) in [6.45, 7) is 2.17. The first kappa shape index (κ1) is 15.4. The Bertz CT molecular complexity index is 629. The van der Waals surface area contributed by atoms with Crippen LogP contribution < -0.4 is 5.32 Å². The number of nitrogens with zero attached hydrogens (tertiary/aromatic N) is 1. The van der Waals surface area contributed by atoms with E-state index in [1.165, 1.54) is 11.6 Å². The molecule has 0 amide bonds. The number of nitrogens with one attached hydrogen (secondary N) is 1. The van der Waals surface area contributed by atoms with Gasteiger partial charge in [-0.3, -0.25) is 0 Å². The minimum absolute atomic E-state index is 0.272. The SMILES string of the molecule is CC(NC1CCC(c2ccc(F)nc2)C1)c1cccc(Cl)c1. The standard InChI is InChI=1S/C18H20ClFN2/c1-12(13-3-2-4-16(19)9-13)22-17-7-5-14(10-17)15-6-8-18(20)21-11-15/h2-4,6,8-9,11-12,14,17,22H,5,7,10H2,1H3. The van der Waals surface area contributed by atoms with E-state index in [4.69, 9.17) is 11.6 Å². The van der Waals surface area contributed by atoms with Gasteiger partial charge in [0, 0.05) is 23.3 Å². The zero-order chi connectivity index (χ0) is 15.5. The van der Waals surface area contributed by atoms with Crippen molar-refractivity contribution in [1.82, 2.24) is 10.3 Å². The first-order valence-corrected chi connectivity index (χ1v) is 8.12. The average molecular weight is 319 g/mol. The van der Waals surface area contributed by atoms with E-state index in [1.807, 2.05) is 24.3 Å². The summed E-state index contributed by atoms with van der Waals surface area (Å²) in [5.41, 5.74) is 2.35. The lowest BCUT2D eigenvalue weighted by atomic mass is 9.99. The van der Waals surface area contributed by atoms with Crippen molar-refractivity contribution in [3.8, 4) is 0 Å². The summed E-state index contributed by atoms with van der Waals surface area (Å²) in [4.78, 5) is 3.77. The average Bonchev–Trinajstić information content (AvgIpc) is 2.96. The van der Waals surface area contributed by atoms with Gasteiger partial charge in [-0.05, 0) is 61.4 Å². The van der Waals surface area contributed by atoms with Gasteiger partial charge in [0.15, 0.2) is 0 Å². The van der Waals surface area contributed by atoms with Crippen LogP contribution in [0.5, 0.6) is 0 Å². The van der Waals surface area contributed by atoms with Gasteiger partial charge in [0.2, 0.25) is 5.95 Å². The molecule has 2 aromatic rings. The molecule has 3 unspecified atom stereocenters. The minimum atomic E-state index is -0.411. The van der Waals surface area contributed by atoms with Crippen LogP contribution in [0.25, 0.3) is 0 Å². The van der Waals surface area contributed by atoms with Crippen LogP contribution >= 0.6 is 11.6 Å². The predicted molar refractivity (Wildman–Crippen MR) is 87.6 cm³/mol. The zero-order valence-electron chi connectivity index (χ0n) is 12.6. The molecule has 1 N–H and O–H groups in total. The molecule has 22 heavy (non-hydrogen) atoms. The van der Waals surface area contributed by atoms with Crippen LogP contribution in [0.2, 0.25) is 5.02 Å². The second-order valence-electron chi connectivity index (χ2n) is 6.06. The fraction of sp³-hybridized carbons (Fsp3) is 0.389. The van der Waals surface area contributed by atoms with Crippen molar-refractivity contribution in [2.45, 2.75) is 44.2 Å². The molecule has 0 aliphatic heterocycles. The van der Waals surface area contributed by atoms with Crippen LogP contribution in [0.4, 0.5) is 4.39 Å². The van der Waals surface area contributed by atoms with E-state index in [0.717, 1.165) is 29.8 Å². The molecule has 116 valence electrons. The topological polar surface area (TPSA) is 24.9 Å². The zero-order valence-corrected chi connectivity index (χ0v) is 13.4. The molecule has 1 aliphatic carbocycles. The summed E-state index contributed by atoms with van der Waals surface area (Å²) in [5.74, 6) is 0.0585. The van der Waals surface area contributed by atoms with Crippen molar-refractivity contribution in [3.63, 3.8) is 0 Å². The number of pyridine rings is 1. The predicted octanol–water partition coefficient (Wildman–Crippen LogP) is 4.86. The molecule has 0 saturated heterocycles. The molecule has 1 aromatic carbocycles. The van der Waals surface area contributed by atoms with Gasteiger partial charge in [0.05, 0.1) is 0 Å². The van der Waals surface area contributed by atoms with E-state index < -0.39 is 5.95 Å². The molecule has 2 nitrogen and oxygen atoms in total. The Kier molecular flexibility index (Phi) is 4.74. The molecular weight excluding hydrogens is 299 g/mol. The van der Waals surface area contributed by atoms with Crippen molar-refractivity contribution in [2.24, 2.45) is 0 Å². The van der Waals surface area contributed by atoms with Crippen molar-refractivity contribution < 1.29 is 4.39 Å². The van der Waals surface area contributed by atoms with Gasteiger partial charge in [0.1, 0.15) is 0 Å². The largest absolute Gasteiger partial charge is 0.307 e. The second kappa shape index (κ2) is 6.76. The summed E-state index contributed by atoms with van der Waals surface area (Å²) in [6.07, 6.45) is 4.99. The highest BCUT2D eigenvalue weighted by Gasteiger charge is 2.27. The fourth-order valence-electron chi connectivity index (χ4n) is 3.29. The van der Waals surface area contributed by atoms with Crippen LogP contribution in [0.3, 0.4) is 0 Å². The van der Waals surface area contributed by atoms with Crippen LogP contribution in [0.1, 0.15) is 49.3 Å². The van der Waals surface area contributed by atoms with Gasteiger partial charge in [-0.2, -0.15) is 4.39 Å². The first-order valence-electron chi connectivity index (χ1n) is 7.75. The molecule has 1 aromatic heterocycles. The highest BCUT2D eigenvalue weighted by Crippen LogP contribution is 2.35. The van der Waals surface area contributed by atoms with Crippen LogP contribution in [-0.2, 0) is 0 Å². The molecule has 0 radical (unpaired) electrons. The Morgan fingerprint density at radius 2 is 2.14 bits per heavy atom. The Labute approximate surface area is 135 Å². The molecule has 3 atom stereocenters. The number of hydrogen-bond donors (Lipinski definition) is 1. The lowest BCUT2D eigenvalue weighted by molar-refractivity contribution is 0.457. The summed E-state index contributed by atoms with van der Waals surface area (Å²) in [5, 5.41) is 4.45. The van der Waals surface area contributed by atoms with E-state index in [2.05, 4.69) is 23.3 Å². The molecule has 1 saturated carbocycles. The monoisotopic (exact) mass is 318 g/mol. The van der Waals surface area contributed by atoms with Gasteiger partial charge in [-0.1, -0.05) is 29.8 Å². The molecule has 1 aliphatic rings. The van der Waals surface area contributed by atoms with Gasteiger partial charge in [-0.25, -0.2) is 4.98 Å². The first-order chi connectivity index (χ1) is 10.6. The maximum atomic E-state index is 12.9. The number of aromatic nitrogens is 1. The molecule has 3 rings (SSSR count). The van der Waals surface area contributed by atoms with Gasteiger partial charge < -0.3 is 5.32 Å². The highest BCUT2D eigenvalue weighted by molar-refractivity contribution is 6.30. The van der Waals surface area contributed by atoms with E-state index in [1.54, 1.807) is 6.20 Å². The Balaban J connectivity index is 1.60. The van der Waals surface area contributed by atoms with Gasteiger partial charge in [0.25, 0.3) is 0 Å². The highest BCUT2D eigenvalue weighted by atomic mass is 35.5. The number of benzene rings is 1. The Morgan fingerprint density at radius 3 is 2.86 bits per heavy atom. The van der Waals surface area contributed by atoms with Gasteiger partial charge in [-0.15, -0.1) is 0 Å². The van der Waals surface area contributed by atoms with Gasteiger partial charge >= 0.3 is 0 Å². The normalized spacial score (nSPS) is 22.7. The maximum absolute atomic E-state index is 12.9. The third-order valence-electron chi connectivity index (χ3n) is 4.49. The lowest BCUT2D eigenvalue weighted by Gasteiger charge is -2.20. The Morgan fingerprint density at radius 1 is 1.27 bits per heavy atom. The van der Waals surface area contributed by atoms with Crippen LogP contribution in [0.15, 0.2) is 42.6 Å². The van der Waals surface area contributed by atoms with E-state index >= 15 is 0 Å². The van der Waals surface area contributed by atoms with E-state index in [-0.39, 0.29) is 6.04 Å². The third-order valence-corrected chi connectivity index (χ3v) is 4.72. The number of rotatable bonds is 4. The summed E-state index contributed by atoms with van der Waals surface area (Å²) >= 11 is 6.06.